The fourth-order valence-electron chi connectivity index (χ4n) is 4.27. The van der Waals surface area contributed by atoms with Gasteiger partial charge < -0.3 is 24.6 Å². The van der Waals surface area contributed by atoms with Crippen LogP contribution in [0.5, 0.6) is 11.5 Å². The van der Waals surface area contributed by atoms with E-state index in [0.29, 0.717) is 12.4 Å². The Kier molecular flexibility index (Phi) is 6.56. The molecule has 1 fully saturated rings. The molecule has 1 unspecified atom stereocenters. The largest absolute Gasteiger partial charge is 0.493 e. The summed E-state index contributed by atoms with van der Waals surface area (Å²) in [5.41, 5.74) is 3.45. The third-order valence-electron chi connectivity index (χ3n) is 5.77. The second-order valence-electron chi connectivity index (χ2n) is 7.73. The number of hydrogen-bond donors (Lipinski definition) is 2. The van der Waals surface area contributed by atoms with E-state index >= 15 is 0 Å². The molecular formula is C26H29NO4. The lowest BCUT2D eigenvalue weighted by molar-refractivity contribution is -0.00909. The van der Waals surface area contributed by atoms with Gasteiger partial charge in [-0.3, -0.25) is 0 Å². The SMILES string of the molecule is COc1cc2cc(c1OC)C(c1ccccc1)(c1ccccc1)OC2.OC1CCNC1. The number of fused-ring (bicyclic) bond motifs is 2. The van der Waals surface area contributed by atoms with Crippen molar-refractivity contribution in [1.29, 1.82) is 0 Å². The first-order chi connectivity index (χ1) is 15.2. The van der Waals surface area contributed by atoms with Gasteiger partial charge in [-0.25, -0.2) is 0 Å². The molecule has 0 aliphatic carbocycles. The molecule has 5 nitrogen and oxygen atoms in total. The maximum atomic E-state index is 8.67. The molecule has 162 valence electrons. The second-order valence-corrected chi connectivity index (χ2v) is 7.73. The smallest absolute Gasteiger partial charge is 0.167 e. The van der Waals surface area contributed by atoms with Crippen molar-refractivity contribution in [1.82, 2.24) is 5.32 Å². The van der Waals surface area contributed by atoms with E-state index in [1.165, 1.54) is 0 Å². The lowest BCUT2D eigenvalue weighted by Gasteiger charge is -2.40. The van der Waals surface area contributed by atoms with E-state index in [1.807, 2.05) is 42.5 Å². The van der Waals surface area contributed by atoms with E-state index in [2.05, 4.69) is 35.6 Å². The van der Waals surface area contributed by atoms with Gasteiger partial charge in [-0.05, 0) is 41.8 Å². The average Bonchev–Trinajstić information content (AvgIpc) is 3.32. The number of ether oxygens (including phenoxy) is 3. The van der Waals surface area contributed by atoms with Crippen molar-refractivity contribution in [2.45, 2.75) is 24.7 Å². The van der Waals surface area contributed by atoms with Crippen LogP contribution in [0.4, 0.5) is 0 Å². The summed E-state index contributed by atoms with van der Waals surface area (Å²) in [4.78, 5) is 0. The Hall–Kier alpha value is -2.86. The van der Waals surface area contributed by atoms with Crippen LogP contribution in [-0.2, 0) is 16.9 Å². The standard InChI is InChI=1S/C22H20O3.C4H9NO/c1-23-20-14-16-13-19(21(20)24-2)22(25-15-16,17-9-5-3-6-10-17)18-11-7-4-8-12-18;6-4-1-2-5-3-4/h3-14H,15H2,1-2H3;4-6H,1-3H2. The number of aliphatic hydroxyl groups is 1. The van der Waals surface area contributed by atoms with Crippen molar-refractivity contribution in [3.63, 3.8) is 0 Å². The van der Waals surface area contributed by atoms with Gasteiger partial charge >= 0.3 is 0 Å². The molecular weight excluding hydrogens is 390 g/mol. The minimum atomic E-state index is -0.727. The molecule has 0 spiro atoms. The summed E-state index contributed by atoms with van der Waals surface area (Å²) in [6, 6.07) is 24.7. The first-order valence-corrected chi connectivity index (χ1v) is 10.6. The number of aliphatic hydroxyl groups excluding tert-OH is 1. The van der Waals surface area contributed by atoms with Crippen molar-refractivity contribution >= 4 is 0 Å². The highest BCUT2D eigenvalue weighted by atomic mass is 16.5. The van der Waals surface area contributed by atoms with Crippen LogP contribution in [0.15, 0.2) is 72.8 Å². The Bertz CT molecular complexity index is 946. The zero-order valence-corrected chi connectivity index (χ0v) is 18.0. The zero-order chi connectivity index (χ0) is 21.7. The van der Waals surface area contributed by atoms with Gasteiger partial charge in [-0.15, -0.1) is 0 Å². The molecule has 1 saturated heterocycles. The van der Waals surface area contributed by atoms with Gasteiger partial charge in [0.25, 0.3) is 0 Å². The molecule has 2 heterocycles. The van der Waals surface area contributed by atoms with E-state index in [4.69, 9.17) is 19.3 Å². The second kappa shape index (κ2) is 9.52. The molecule has 2 aliphatic rings. The highest BCUT2D eigenvalue weighted by Gasteiger charge is 2.43. The molecule has 0 radical (unpaired) electrons. The quantitative estimate of drug-likeness (QED) is 0.672. The van der Waals surface area contributed by atoms with E-state index in [0.717, 1.165) is 47.5 Å². The van der Waals surface area contributed by atoms with Crippen LogP contribution in [0, 0.1) is 0 Å². The van der Waals surface area contributed by atoms with Crippen LogP contribution in [0.25, 0.3) is 0 Å². The summed E-state index contributed by atoms with van der Waals surface area (Å²) in [6.45, 7) is 2.29. The predicted molar refractivity (Wildman–Crippen MR) is 121 cm³/mol. The van der Waals surface area contributed by atoms with Gasteiger partial charge in [-0.1, -0.05) is 60.7 Å². The Morgan fingerprint density at radius 1 is 0.935 bits per heavy atom. The highest BCUT2D eigenvalue weighted by Crippen LogP contribution is 2.50. The number of benzene rings is 3. The van der Waals surface area contributed by atoms with Gasteiger partial charge in [0.1, 0.15) is 5.60 Å². The van der Waals surface area contributed by atoms with Crippen molar-refractivity contribution in [3.8, 4) is 11.5 Å². The molecule has 3 aromatic carbocycles. The fourth-order valence-corrected chi connectivity index (χ4v) is 4.27. The number of methoxy groups -OCH3 is 2. The van der Waals surface area contributed by atoms with Crippen LogP contribution >= 0.6 is 0 Å². The summed E-state index contributed by atoms with van der Waals surface area (Å²) in [7, 11) is 3.34. The lowest BCUT2D eigenvalue weighted by atomic mass is 9.77. The van der Waals surface area contributed by atoms with Crippen LogP contribution in [0.2, 0.25) is 0 Å². The van der Waals surface area contributed by atoms with Gasteiger partial charge in [0.2, 0.25) is 0 Å². The first kappa shape index (κ1) is 21.4. The molecule has 3 aromatic rings. The number of rotatable bonds is 4. The summed E-state index contributed by atoms with van der Waals surface area (Å²) in [6.07, 6.45) is 0.866. The Balaban J connectivity index is 0.000000334. The number of nitrogens with one attached hydrogen (secondary N) is 1. The van der Waals surface area contributed by atoms with E-state index in [9.17, 15) is 0 Å². The van der Waals surface area contributed by atoms with E-state index < -0.39 is 5.60 Å². The molecule has 5 rings (SSSR count). The maximum absolute atomic E-state index is 8.67. The molecule has 1 atom stereocenters. The van der Waals surface area contributed by atoms with Gasteiger partial charge in [0, 0.05) is 12.1 Å². The number of β-amino-alcohol motifs (C(OH)–C–C–N with tert-alkyl or cyclic N) is 1. The minimum absolute atomic E-state index is 0.0648. The summed E-state index contributed by atoms with van der Waals surface area (Å²) < 4.78 is 17.8. The highest BCUT2D eigenvalue weighted by molar-refractivity contribution is 5.60. The predicted octanol–water partition coefficient (Wildman–Crippen LogP) is 3.87. The summed E-state index contributed by atoms with van der Waals surface area (Å²) in [5.74, 6) is 1.44. The van der Waals surface area contributed by atoms with Gasteiger partial charge in [0.15, 0.2) is 11.5 Å². The first-order valence-electron chi connectivity index (χ1n) is 10.6. The third-order valence-corrected chi connectivity index (χ3v) is 5.77. The topological polar surface area (TPSA) is 60.0 Å². The zero-order valence-electron chi connectivity index (χ0n) is 18.0. The molecule has 0 amide bonds. The Morgan fingerprint density at radius 2 is 1.58 bits per heavy atom. The number of hydrogen-bond acceptors (Lipinski definition) is 5. The van der Waals surface area contributed by atoms with Crippen molar-refractivity contribution < 1.29 is 19.3 Å². The molecule has 2 aliphatic heterocycles. The van der Waals surface area contributed by atoms with E-state index in [1.54, 1.807) is 14.2 Å². The summed E-state index contributed by atoms with van der Waals surface area (Å²) in [5, 5.41) is 11.7. The summed E-state index contributed by atoms with van der Waals surface area (Å²) >= 11 is 0. The lowest BCUT2D eigenvalue weighted by Crippen LogP contribution is -2.35. The Labute approximate surface area is 183 Å². The molecule has 0 saturated carbocycles. The van der Waals surface area contributed by atoms with Crippen LogP contribution < -0.4 is 14.8 Å². The van der Waals surface area contributed by atoms with Gasteiger partial charge in [0.05, 0.1) is 26.9 Å². The molecule has 2 bridgehead atoms. The average molecular weight is 420 g/mol. The van der Waals surface area contributed by atoms with Crippen LogP contribution in [-0.4, -0.2) is 38.5 Å². The monoisotopic (exact) mass is 419 g/mol. The molecule has 5 heteroatoms. The van der Waals surface area contributed by atoms with Crippen LogP contribution in [0.3, 0.4) is 0 Å². The van der Waals surface area contributed by atoms with Crippen molar-refractivity contribution in [2.75, 3.05) is 27.3 Å². The van der Waals surface area contributed by atoms with Crippen molar-refractivity contribution in [2.24, 2.45) is 0 Å². The molecule has 31 heavy (non-hydrogen) atoms. The fraction of sp³-hybridized carbons (Fsp3) is 0.308. The molecule has 0 aromatic heterocycles. The van der Waals surface area contributed by atoms with E-state index in [-0.39, 0.29) is 6.10 Å². The normalized spacial score (nSPS) is 18.6. The van der Waals surface area contributed by atoms with Gasteiger partial charge in [-0.2, -0.15) is 0 Å². The third kappa shape index (κ3) is 4.17. The van der Waals surface area contributed by atoms with Crippen LogP contribution in [0.1, 0.15) is 28.7 Å². The Morgan fingerprint density at radius 3 is 2.03 bits per heavy atom. The molecule has 2 N–H and O–H groups in total. The maximum Gasteiger partial charge on any atom is 0.167 e. The minimum Gasteiger partial charge on any atom is -0.493 e. The van der Waals surface area contributed by atoms with Crippen molar-refractivity contribution in [3.05, 3.63) is 95.1 Å².